The van der Waals surface area contributed by atoms with E-state index in [-0.39, 0.29) is 11.7 Å². The number of anilines is 1. The van der Waals surface area contributed by atoms with Gasteiger partial charge in [-0.2, -0.15) is 0 Å². The minimum absolute atomic E-state index is 0.135. The number of carbonyl (C=O) groups excluding carboxylic acids is 1. The van der Waals surface area contributed by atoms with Crippen LogP contribution in [0.1, 0.15) is 21.5 Å². The molecule has 1 fully saturated rings. The van der Waals surface area contributed by atoms with Crippen LogP contribution in [0, 0.1) is 5.82 Å². The molecule has 160 valence electrons. The van der Waals surface area contributed by atoms with E-state index in [1.165, 1.54) is 12.1 Å². The zero-order chi connectivity index (χ0) is 21.6. The van der Waals surface area contributed by atoms with Crippen molar-refractivity contribution in [2.24, 2.45) is 0 Å². The van der Waals surface area contributed by atoms with E-state index >= 15 is 0 Å². The van der Waals surface area contributed by atoms with Crippen molar-refractivity contribution in [2.45, 2.75) is 13.1 Å². The Balaban J connectivity index is 1.29. The Morgan fingerprint density at radius 3 is 2.39 bits per heavy atom. The van der Waals surface area contributed by atoms with Gasteiger partial charge in [0, 0.05) is 56.1 Å². The molecule has 7 heteroatoms. The quantitative estimate of drug-likeness (QED) is 0.628. The largest absolute Gasteiger partial charge is 0.354 e. The first kappa shape index (κ1) is 21.3. The third kappa shape index (κ3) is 5.81. The summed E-state index contributed by atoms with van der Waals surface area (Å²) in [5, 5.41) is 3.54. The summed E-state index contributed by atoms with van der Waals surface area (Å²) in [5.74, 6) is 0.577. The van der Waals surface area contributed by atoms with Gasteiger partial charge in [0.2, 0.25) is 0 Å². The van der Waals surface area contributed by atoms with Crippen molar-refractivity contribution in [1.29, 1.82) is 0 Å². The van der Waals surface area contributed by atoms with Crippen LogP contribution in [-0.4, -0.2) is 42.0 Å². The number of piperazine rings is 1. The molecular weight excluding hydrogens is 415 g/mol. The predicted octanol–water partition coefficient (Wildman–Crippen LogP) is 4.13. The normalized spacial score (nSPS) is 14.5. The summed E-state index contributed by atoms with van der Waals surface area (Å²) in [4.78, 5) is 21.4. The fourth-order valence-electron chi connectivity index (χ4n) is 3.61. The summed E-state index contributed by atoms with van der Waals surface area (Å²) >= 11 is 5.88. The minimum Gasteiger partial charge on any atom is -0.354 e. The maximum atomic E-state index is 13.1. The Morgan fingerprint density at radius 1 is 0.968 bits per heavy atom. The number of benzene rings is 2. The van der Waals surface area contributed by atoms with Crippen molar-refractivity contribution in [1.82, 2.24) is 15.2 Å². The average Bonchev–Trinajstić information content (AvgIpc) is 2.80. The molecule has 1 aliphatic heterocycles. The van der Waals surface area contributed by atoms with Crippen LogP contribution in [0.3, 0.4) is 0 Å². The van der Waals surface area contributed by atoms with Crippen LogP contribution in [-0.2, 0) is 13.1 Å². The molecule has 2 heterocycles. The number of carbonyl (C=O) groups is 1. The van der Waals surface area contributed by atoms with Crippen molar-refractivity contribution in [2.75, 3.05) is 31.1 Å². The molecule has 0 aliphatic carbocycles. The van der Waals surface area contributed by atoms with Gasteiger partial charge in [-0.05, 0) is 59.7 Å². The average molecular weight is 439 g/mol. The highest BCUT2D eigenvalue weighted by atomic mass is 35.5. The van der Waals surface area contributed by atoms with Gasteiger partial charge < -0.3 is 10.2 Å². The number of aromatic nitrogens is 1. The number of nitrogens with one attached hydrogen (secondary N) is 1. The Morgan fingerprint density at radius 2 is 1.68 bits per heavy atom. The lowest BCUT2D eigenvalue weighted by Gasteiger charge is -2.35. The van der Waals surface area contributed by atoms with Crippen LogP contribution in [0.4, 0.5) is 10.2 Å². The Bertz CT molecular complexity index is 1020. The van der Waals surface area contributed by atoms with Gasteiger partial charge in [-0.1, -0.05) is 23.7 Å². The molecule has 0 unspecified atom stereocenters. The number of hydrogen-bond acceptors (Lipinski definition) is 4. The van der Waals surface area contributed by atoms with Crippen LogP contribution in [0.5, 0.6) is 0 Å². The van der Waals surface area contributed by atoms with Crippen LogP contribution in [0.2, 0.25) is 5.02 Å². The van der Waals surface area contributed by atoms with E-state index in [0.29, 0.717) is 17.1 Å². The van der Waals surface area contributed by atoms with E-state index in [4.69, 9.17) is 11.6 Å². The molecule has 1 amide bonds. The summed E-state index contributed by atoms with van der Waals surface area (Å²) in [7, 11) is 0. The molecule has 0 saturated carbocycles. The smallest absolute Gasteiger partial charge is 0.251 e. The first-order valence-corrected chi connectivity index (χ1v) is 10.6. The van der Waals surface area contributed by atoms with Crippen molar-refractivity contribution in [3.05, 3.63) is 94.4 Å². The van der Waals surface area contributed by atoms with Crippen molar-refractivity contribution >= 4 is 23.3 Å². The number of pyridine rings is 1. The van der Waals surface area contributed by atoms with Crippen molar-refractivity contribution < 1.29 is 9.18 Å². The molecule has 0 bridgehead atoms. The number of rotatable bonds is 6. The minimum atomic E-state index is -0.205. The fourth-order valence-corrected chi connectivity index (χ4v) is 3.74. The summed E-state index contributed by atoms with van der Waals surface area (Å²) in [6.07, 6.45) is 1.78. The van der Waals surface area contributed by atoms with Gasteiger partial charge in [-0.3, -0.25) is 9.69 Å². The molecule has 1 aromatic heterocycles. The van der Waals surface area contributed by atoms with Gasteiger partial charge in [0.15, 0.2) is 0 Å². The molecule has 4 rings (SSSR count). The summed E-state index contributed by atoms with van der Waals surface area (Å²) in [5.41, 5.74) is 2.70. The summed E-state index contributed by atoms with van der Waals surface area (Å²) in [6, 6.07) is 17.5. The Hall–Kier alpha value is -2.96. The Labute approximate surface area is 186 Å². The van der Waals surface area contributed by atoms with Gasteiger partial charge >= 0.3 is 0 Å². The van der Waals surface area contributed by atoms with Gasteiger partial charge in [0.05, 0.1) is 0 Å². The monoisotopic (exact) mass is 438 g/mol. The number of hydrogen-bond donors (Lipinski definition) is 1. The molecule has 0 radical (unpaired) electrons. The van der Waals surface area contributed by atoms with Crippen LogP contribution >= 0.6 is 11.6 Å². The maximum absolute atomic E-state index is 13.1. The van der Waals surface area contributed by atoms with Crippen LogP contribution in [0.25, 0.3) is 0 Å². The van der Waals surface area contributed by atoms with Crippen LogP contribution in [0.15, 0.2) is 66.9 Å². The number of amides is 1. The predicted molar refractivity (Wildman–Crippen MR) is 121 cm³/mol. The van der Waals surface area contributed by atoms with E-state index in [1.807, 2.05) is 24.3 Å². The van der Waals surface area contributed by atoms with E-state index in [0.717, 1.165) is 49.7 Å². The molecule has 1 saturated heterocycles. The fraction of sp³-hybridized carbons (Fsp3) is 0.250. The molecule has 5 nitrogen and oxygen atoms in total. The third-order valence-electron chi connectivity index (χ3n) is 5.39. The molecular formula is C24H24ClFN4O. The van der Waals surface area contributed by atoms with E-state index in [9.17, 15) is 9.18 Å². The third-order valence-corrected chi connectivity index (χ3v) is 5.64. The second-order valence-corrected chi connectivity index (χ2v) is 8.04. The molecule has 0 atom stereocenters. The first-order valence-electron chi connectivity index (χ1n) is 10.3. The second-order valence-electron chi connectivity index (χ2n) is 7.60. The highest BCUT2D eigenvalue weighted by Crippen LogP contribution is 2.17. The van der Waals surface area contributed by atoms with E-state index in [1.54, 1.807) is 30.5 Å². The van der Waals surface area contributed by atoms with Crippen LogP contribution < -0.4 is 10.2 Å². The SMILES string of the molecule is O=C(NCc1ccnc(N2CCN(Cc3ccc(F)cc3)CC2)c1)c1ccc(Cl)cc1. The topological polar surface area (TPSA) is 48.5 Å². The van der Waals surface area contributed by atoms with Gasteiger partial charge in [0.1, 0.15) is 11.6 Å². The van der Waals surface area contributed by atoms with Gasteiger partial charge in [0.25, 0.3) is 5.91 Å². The lowest BCUT2D eigenvalue weighted by atomic mass is 10.2. The highest BCUT2D eigenvalue weighted by Gasteiger charge is 2.18. The Kier molecular flexibility index (Phi) is 6.79. The molecule has 31 heavy (non-hydrogen) atoms. The first-order chi connectivity index (χ1) is 15.1. The van der Waals surface area contributed by atoms with Gasteiger partial charge in [-0.15, -0.1) is 0 Å². The summed E-state index contributed by atoms with van der Waals surface area (Å²) in [6.45, 7) is 4.82. The van der Waals surface area contributed by atoms with Crippen molar-refractivity contribution in [3.8, 4) is 0 Å². The van der Waals surface area contributed by atoms with E-state index < -0.39 is 0 Å². The zero-order valence-corrected chi connectivity index (χ0v) is 17.9. The van der Waals surface area contributed by atoms with Crippen molar-refractivity contribution in [3.63, 3.8) is 0 Å². The molecule has 0 spiro atoms. The van der Waals surface area contributed by atoms with E-state index in [2.05, 4.69) is 20.1 Å². The number of nitrogens with zero attached hydrogens (tertiary/aromatic N) is 3. The molecule has 3 aromatic rings. The molecule has 1 N–H and O–H groups in total. The maximum Gasteiger partial charge on any atom is 0.251 e. The second kappa shape index (κ2) is 9.90. The number of halogens is 2. The molecule has 2 aromatic carbocycles. The lowest BCUT2D eigenvalue weighted by molar-refractivity contribution is 0.0951. The molecule has 1 aliphatic rings. The summed E-state index contributed by atoms with van der Waals surface area (Å²) < 4.78 is 13.1. The zero-order valence-electron chi connectivity index (χ0n) is 17.1. The standard InChI is InChI=1S/C24H24ClFN4O/c25-21-5-3-20(4-6-21)24(31)28-16-19-9-10-27-23(15-19)30-13-11-29(12-14-30)17-18-1-7-22(26)8-2-18/h1-10,15H,11-14,16-17H2,(H,28,31). The lowest BCUT2D eigenvalue weighted by Crippen LogP contribution is -2.46. The highest BCUT2D eigenvalue weighted by molar-refractivity contribution is 6.30. The van der Waals surface area contributed by atoms with Gasteiger partial charge in [-0.25, -0.2) is 9.37 Å².